The fraction of sp³-hybridized carbons (Fsp3) is 0.0870. The summed E-state index contributed by atoms with van der Waals surface area (Å²) in [6.45, 7) is 5.30. The number of benzene rings is 3. The fourth-order valence-corrected chi connectivity index (χ4v) is 4.99. The first-order chi connectivity index (χ1) is 15.6. The molecule has 0 saturated carbocycles. The van der Waals surface area contributed by atoms with E-state index in [1.165, 1.54) is 48.5 Å². The Kier molecular flexibility index (Phi) is 7.32. The van der Waals surface area contributed by atoms with Crippen LogP contribution in [0.3, 0.4) is 0 Å². The topological polar surface area (TPSA) is 121 Å². The summed E-state index contributed by atoms with van der Waals surface area (Å²) < 4.78 is 54.4. The van der Waals surface area contributed by atoms with E-state index in [-0.39, 0.29) is 21.9 Å². The molecule has 33 heavy (non-hydrogen) atoms. The summed E-state index contributed by atoms with van der Waals surface area (Å²) in [5, 5.41) is 2.69. The minimum absolute atomic E-state index is 0.0221. The maximum Gasteiger partial charge on any atom is 0.261 e. The third-order valence-corrected chi connectivity index (χ3v) is 7.46. The molecule has 3 aromatic carbocycles. The predicted molar refractivity (Wildman–Crippen MR) is 128 cm³/mol. The second-order valence-corrected chi connectivity index (χ2v) is 10.5. The third kappa shape index (κ3) is 6.07. The normalized spacial score (nSPS) is 11.5. The van der Waals surface area contributed by atoms with Crippen LogP contribution in [-0.2, 0) is 20.0 Å². The second kappa shape index (κ2) is 9.99. The second-order valence-electron chi connectivity index (χ2n) is 7.07. The molecule has 3 N–H and O–H groups in total. The number of amides is 1. The van der Waals surface area contributed by atoms with E-state index in [9.17, 15) is 21.6 Å². The van der Waals surface area contributed by atoms with Gasteiger partial charge in [0.15, 0.2) is 0 Å². The van der Waals surface area contributed by atoms with Gasteiger partial charge in [-0.2, -0.15) is 0 Å². The standard InChI is InChI=1S/C23H23N3O5S2/c1-3-15-24-32(28,29)21-13-10-18(11-14-21)23(27)25-19-12-9-17(2)22(16-19)26-33(30,31)20-7-5-4-6-8-20/h3-14,16,24,26H,1,15H2,2H3,(H,25,27). The monoisotopic (exact) mass is 485 g/mol. The average Bonchev–Trinajstić information content (AvgIpc) is 2.80. The first-order valence-electron chi connectivity index (χ1n) is 9.83. The maximum atomic E-state index is 12.6. The van der Waals surface area contributed by atoms with Gasteiger partial charge in [0.2, 0.25) is 10.0 Å². The number of hydrogen-bond donors (Lipinski definition) is 3. The Morgan fingerprint density at radius 1 is 0.879 bits per heavy atom. The van der Waals surface area contributed by atoms with Crippen LogP contribution in [0.5, 0.6) is 0 Å². The minimum Gasteiger partial charge on any atom is -0.322 e. The Bertz CT molecular complexity index is 1370. The molecule has 10 heteroatoms. The minimum atomic E-state index is -3.79. The van der Waals surface area contributed by atoms with Crippen LogP contribution >= 0.6 is 0 Å². The van der Waals surface area contributed by atoms with E-state index in [0.29, 0.717) is 16.9 Å². The summed E-state index contributed by atoms with van der Waals surface area (Å²) in [7, 11) is -7.48. The molecule has 3 aromatic rings. The lowest BCUT2D eigenvalue weighted by molar-refractivity contribution is 0.102. The molecule has 1 amide bonds. The van der Waals surface area contributed by atoms with Crippen LogP contribution in [0.15, 0.2) is 95.2 Å². The molecule has 0 aliphatic rings. The SMILES string of the molecule is C=CCNS(=O)(=O)c1ccc(C(=O)Nc2ccc(C)c(NS(=O)(=O)c3ccccc3)c2)cc1. The Morgan fingerprint density at radius 3 is 2.15 bits per heavy atom. The van der Waals surface area contributed by atoms with Gasteiger partial charge in [-0.05, 0) is 61.0 Å². The fourth-order valence-electron chi connectivity index (χ4n) is 2.85. The number of nitrogens with one attached hydrogen (secondary N) is 3. The Hall–Kier alpha value is -3.47. The lowest BCUT2D eigenvalue weighted by Crippen LogP contribution is -2.23. The molecule has 0 atom stereocenters. The molecule has 172 valence electrons. The molecular weight excluding hydrogens is 462 g/mol. The largest absolute Gasteiger partial charge is 0.322 e. The lowest BCUT2D eigenvalue weighted by Gasteiger charge is -2.13. The van der Waals surface area contributed by atoms with Crippen molar-refractivity contribution in [2.75, 3.05) is 16.6 Å². The molecule has 0 fully saturated rings. The predicted octanol–water partition coefficient (Wildman–Crippen LogP) is 3.51. The van der Waals surface area contributed by atoms with Crippen molar-refractivity contribution in [3.63, 3.8) is 0 Å². The number of carbonyl (C=O) groups is 1. The molecule has 0 spiro atoms. The lowest BCUT2D eigenvalue weighted by atomic mass is 10.1. The van der Waals surface area contributed by atoms with Crippen LogP contribution in [0.25, 0.3) is 0 Å². The molecular formula is C23H23N3O5S2. The number of anilines is 2. The van der Waals surface area contributed by atoms with Crippen molar-refractivity contribution in [3.8, 4) is 0 Å². The van der Waals surface area contributed by atoms with Crippen LogP contribution in [0.4, 0.5) is 11.4 Å². The Labute approximate surface area is 193 Å². The van der Waals surface area contributed by atoms with Gasteiger partial charge in [-0.25, -0.2) is 21.6 Å². The van der Waals surface area contributed by atoms with Gasteiger partial charge < -0.3 is 5.32 Å². The molecule has 0 bridgehead atoms. The molecule has 0 aliphatic carbocycles. The van der Waals surface area contributed by atoms with Crippen molar-refractivity contribution < 1.29 is 21.6 Å². The number of aryl methyl sites for hydroxylation is 1. The van der Waals surface area contributed by atoms with Crippen LogP contribution < -0.4 is 14.8 Å². The van der Waals surface area contributed by atoms with Crippen LogP contribution in [0, 0.1) is 6.92 Å². The first kappa shape index (κ1) is 24.2. The molecule has 3 rings (SSSR count). The van der Waals surface area contributed by atoms with Gasteiger partial charge in [-0.1, -0.05) is 30.3 Å². The Balaban J connectivity index is 1.76. The number of rotatable bonds is 9. The van der Waals surface area contributed by atoms with E-state index in [1.807, 2.05) is 0 Å². The van der Waals surface area contributed by atoms with Crippen molar-refractivity contribution in [2.24, 2.45) is 0 Å². The number of carbonyl (C=O) groups excluding carboxylic acids is 1. The van der Waals surface area contributed by atoms with Crippen molar-refractivity contribution in [1.82, 2.24) is 4.72 Å². The highest BCUT2D eigenvalue weighted by Crippen LogP contribution is 2.24. The maximum absolute atomic E-state index is 12.6. The zero-order valence-electron chi connectivity index (χ0n) is 17.8. The van der Waals surface area contributed by atoms with Gasteiger partial charge in [-0.3, -0.25) is 9.52 Å². The summed E-state index contributed by atoms with van der Waals surface area (Å²) >= 11 is 0. The van der Waals surface area contributed by atoms with Crippen molar-refractivity contribution in [2.45, 2.75) is 16.7 Å². The zero-order chi connectivity index (χ0) is 24.1. The van der Waals surface area contributed by atoms with E-state index in [1.54, 1.807) is 37.3 Å². The summed E-state index contributed by atoms with van der Waals surface area (Å²) in [6, 6.07) is 18.2. The smallest absolute Gasteiger partial charge is 0.261 e. The highest BCUT2D eigenvalue weighted by Gasteiger charge is 2.17. The van der Waals surface area contributed by atoms with Gasteiger partial charge in [0.25, 0.3) is 15.9 Å². The van der Waals surface area contributed by atoms with Crippen LogP contribution in [-0.4, -0.2) is 29.3 Å². The van der Waals surface area contributed by atoms with E-state index >= 15 is 0 Å². The van der Waals surface area contributed by atoms with Gasteiger partial charge in [0.1, 0.15) is 0 Å². The highest BCUT2D eigenvalue weighted by molar-refractivity contribution is 7.92. The zero-order valence-corrected chi connectivity index (χ0v) is 19.4. The Morgan fingerprint density at radius 2 is 1.52 bits per heavy atom. The first-order valence-corrected chi connectivity index (χ1v) is 12.8. The van der Waals surface area contributed by atoms with E-state index in [0.717, 1.165) is 0 Å². The van der Waals surface area contributed by atoms with E-state index in [2.05, 4.69) is 21.3 Å². The molecule has 0 aromatic heterocycles. The van der Waals surface area contributed by atoms with E-state index in [4.69, 9.17) is 0 Å². The van der Waals surface area contributed by atoms with Gasteiger partial charge in [0, 0.05) is 17.8 Å². The van der Waals surface area contributed by atoms with E-state index < -0.39 is 26.0 Å². The van der Waals surface area contributed by atoms with Gasteiger partial charge in [0.05, 0.1) is 15.5 Å². The highest BCUT2D eigenvalue weighted by atomic mass is 32.2. The molecule has 0 heterocycles. The number of hydrogen-bond acceptors (Lipinski definition) is 5. The van der Waals surface area contributed by atoms with Crippen molar-refractivity contribution in [3.05, 3.63) is 96.6 Å². The van der Waals surface area contributed by atoms with Crippen LogP contribution in [0.2, 0.25) is 0 Å². The van der Waals surface area contributed by atoms with Gasteiger partial charge in [-0.15, -0.1) is 6.58 Å². The molecule has 8 nitrogen and oxygen atoms in total. The van der Waals surface area contributed by atoms with Gasteiger partial charge >= 0.3 is 0 Å². The summed E-state index contributed by atoms with van der Waals surface area (Å²) in [4.78, 5) is 12.8. The van der Waals surface area contributed by atoms with Crippen molar-refractivity contribution >= 4 is 37.3 Å². The average molecular weight is 486 g/mol. The quantitative estimate of drug-likeness (QED) is 0.401. The summed E-state index contributed by atoms with van der Waals surface area (Å²) in [5.74, 6) is -0.473. The molecule has 0 aliphatic heterocycles. The summed E-state index contributed by atoms with van der Waals surface area (Å²) in [5.41, 5.74) is 1.62. The van der Waals surface area contributed by atoms with Crippen LogP contribution in [0.1, 0.15) is 15.9 Å². The summed E-state index contributed by atoms with van der Waals surface area (Å²) in [6.07, 6.45) is 1.43. The number of sulfonamides is 2. The molecule has 0 saturated heterocycles. The third-order valence-electron chi connectivity index (χ3n) is 4.64. The molecule has 0 unspecified atom stereocenters. The molecule has 0 radical (unpaired) electrons. The van der Waals surface area contributed by atoms with Crippen molar-refractivity contribution in [1.29, 1.82) is 0 Å².